The summed E-state index contributed by atoms with van der Waals surface area (Å²) in [5.74, 6) is 0.0197. The number of carbonyl (C=O) groups excluding carboxylic acids is 1. The Bertz CT molecular complexity index is 820. The zero-order valence-electron chi connectivity index (χ0n) is 17.3. The quantitative estimate of drug-likeness (QED) is 0.688. The van der Waals surface area contributed by atoms with Crippen molar-refractivity contribution in [3.05, 3.63) is 64.7 Å². The van der Waals surface area contributed by atoms with Gasteiger partial charge in [-0.25, -0.2) is 4.39 Å². The van der Waals surface area contributed by atoms with Gasteiger partial charge in [0.05, 0.1) is 11.3 Å². The monoisotopic (exact) mass is 399 g/mol. The Kier molecular flexibility index (Phi) is 7.72. The second kappa shape index (κ2) is 10.5. The van der Waals surface area contributed by atoms with E-state index >= 15 is 0 Å². The number of carbonyl (C=O) groups is 1. The Labute approximate surface area is 172 Å². The molecule has 5 nitrogen and oxygen atoms in total. The molecule has 1 aromatic carbocycles. The molecule has 3 rings (SSSR count). The van der Waals surface area contributed by atoms with E-state index in [0.29, 0.717) is 25.3 Å². The SMILES string of the molecule is COCCCNC(=O)c1ccc(C)nc1C1CCN(Cc2ccccc2F)CC1. The van der Waals surface area contributed by atoms with Crippen LogP contribution in [0.2, 0.25) is 0 Å². The average Bonchev–Trinajstić information content (AvgIpc) is 2.73. The van der Waals surface area contributed by atoms with Crippen molar-refractivity contribution in [2.24, 2.45) is 0 Å². The zero-order valence-corrected chi connectivity index (χ0v) is 17.3. The molecule has 0 aliphatic carbocycles. The molecule has 1 amide bonds. The van der Waals surface area contributed by atoms with Gasteiger partial charge in [-0.3, -0.25) is 14.7 Å². The maximum absolute atomic E-state index is 13.9. The minimum absolute atomic E-state index is 0.0719. The van der Waals surface area contributed by atoms with E-state index < -0.39 is 0 Å². The number of benzene rings is 1. The summed E-state index contributed by atoms with van der Waals surface area (Å²) in [7, 11) is 1.66. The molecule has 1 N–H and O–H groups in total. The lowest BCUT2D eigenvalue weighted by molar-refractivity contribution is 0.0945. The molecular weight excluding hydrogens is 369 g/mol. The van der Waals surface area contributed by atoms with Gasteiger partial charge in [-0.2, -0.15) is 0 Å². The summed E-state index contributed by atoms with van der Waals surface area (Å²) in [6.07, 6.45) is 2.61. The van der Waals surface area contributed by atoms with E-state index in [1.807, 2.05) is 31.2 Å². The van der Waals surface area contributed by atoms with Crippen LogP contribution in [0.25, 0.3) is 0 Å². The Hall–Kier alpha value is -2.31. The van der Waals surface area contributed by atoms with Crippen LogP contribution in [0, 0.1) is 12.7 Å². The third kappa shape index (κ3) is 5.84. The number of aryl methyl sites for hydroxylation is 1. The number of nitrogens with zero attached hydrogens (tertiary/aromatic N) is 2. The number of pyridine rings is 1. The number of methoxy groups -OCH3 is 1. The lowest BCUT2D eigenvalue weighted by atomic mass is 9.89. The molecule has 156 valence electrons. The molecule has 0 bridgehead atoms. The summed E-state index contributed by atoms with van der Waals surface area (Å²) in [5, 5.41) is 2.97. The fourth-order valence-electron chi connectivity index (χ4n) is 3.83. The van der Waals surface area contributed by atoms with Crippen LogP contribution in [0.5, 0.6) is 0 Å². The third-order valence-corrected chi connectivity index (χ3v) is 5.45. The number of rotatable bonds is 8. The highest BCUT2D eigenvalue weighted by atomic mass is 19.1. The topological polar surface area (TPSA) is 54.5 Å². The molecule has 0 unspecified atom stereocenters. The van der Waals surface area contributed by atoms with E-state index in [9.17, 15) is 9.18 Å². The van der Waals surface area contributed by atoms with Crippen LogP contribution in [0.1, 0.15) is 52.5 Å². The molecular formula is C23H30FN3O2. The molecule has 0 spiro atoms. The predicted molar refractivity (Wildman–Crippen MR) is 111 cm³/mol. The van der Waals surface area contributed by atoms with Crippen LogP contribution < -0.4 is 5.32 Å². The maximum atomic E-state index is 13.9. The predicted octanol–water partition coefficient (Wildman–Crippen LogP) is 3.68. The number of hydrogen-bond acceptors (Lipinski definition) is 4. The summed E-state index contributed by atoms with van der Waals surface area (Å²) < 4.78 is 19.0. The minimum atomic E-state index is -0.151. The molecule has 1 aliphatic rings. The molecule has 0 saturated carbocycles. The van der Waals surface area contributed by atoms with Crippen molar-refractivity contribution in [1.29, 1.82) is 0 Å². The lowest BCUT2D eigenvalue weighted by Crippen LogP contribution is -2.34. The number of amides is 1. The Balaban J connectivity index is 1.63. The second-order valence-corrected chi connectivity index (χ2v) is 7.63. The summed E-state index contributed by atoms with van der Waals surface area (Å²) in [6, 6.07) is 10.7. The Morgan fingerprint density at radius 1 is 1.24 bits per heavy atom. The average molecular weight is 400 g/mol. The van der Waals surface area contributed by atoms with Gasteiger partial charge in [0.15, 0.2) is 0 Å². The molecule has 1 saturated heterocycles. The zero-order chi connectivity index (χ0) is 20.6. The van der Waals surface area contributed by atoms with E-state index in [4.69, 9.17) is 9.72 Å². The summed E-state index contributed by atoms with van der Waals surface area (Å²) >= 11 is 0. The molecule has 29 heavy (non-hydrogen) atoms. The largest absolute Gasteiger partial charge is 0.385 e. The van der Waals surface area contributed by atoms with Gasteiger partial charge in [-0.05, 0) is 57.5 Å². The molecule has 0 radical (unpaired) electrons. The smallest absolute Gasteiger partial charge is 0.253 e. The molecule has 1 aromatic heterocycles. The Morgan fingerprint density at radius 3 is 2.72 bits per heavy atom. The highest BCUT2D eigenvalue weighted by Gasteiger charge is 2.26. The van der Waals surface area contributed by atoms with Gasteiger partial charge in [-0.15, -0.1) is 0 Å². The van der Waals surface area contributed by atoms with Crippen LogP contribution in [0.4, 0.5) is 4.39 Å². The molecule has 6 heteroatoms. The summed E-state index contributed by atoms with van der Waals surface area (Å²) in [6.45, 7) is 5.51. The fourth-order valence-corrected chi connectivity index (χ4v) is 3.83. The number of ether oxygens (including phenoxy) is 1. The van der Waals surface area contributed by atoms with Crippen LogP contribution in [0.3, 0.4) is 0 Å². The van der Waals surface area contributed by atoms with Crippen molar-refractivity contribution in [2.45, 2.75) is 38.6 Å². The number of nitrogens with one attached hydrogen (secondary N) is 1. The van der Waals surface area contributed by atoms with E-state index in [1.54, 1.807) is 13.2 Å². The minimum Gasteiger partial charge on any atom is -0.385 e. The van der Waals surface area contributed by atoms with Gasteiger partial charge >= 0.3 is 0 Å². The summed E-state index contributed by atoms with van der Waals surface area (Å²) in [5.41, 5.74) is 3.21. The van der Waals surface area contributed by atoms with Gasteiger partial charge < -0.3 is 10.1 Å². The van der Waals surface area contributed by atoms with Gasteiger partial charge in [0.2, 0.25) is 0 Å². The van der Waals surface area contributed by atoms with Gasteiger partial charge in [0.1, 0.15) is 5.82 Å². The van der Waals surface area contributed by atoms with E-state index in [1.165, 1.54) is 6.07 Å². The first-order chi connectivity index (χ1) is 14.1. The second-order valence-electron chi connectivity index (χ2n) is 7.63. The fraction of sp³-hybridized carbons (Fsp3) is 0.478. The molecule has 2 aromatic rings. The van der Waals surface area contributed by atoms with Crippen molar-refractivity contribution in [3.63, 3.8) is 0 Å². The number of likely N-dealkylation sites (tertiary alicyclic amines) is 1. The van der Waals surface area contributed by atoms with Crippen molar-refractivity contribution >= 4 is 5.91 Å². The van der Waals surface area contributed by atoms with Crippen molar-refractivity contribution in [2.75, 3.05) is 33.4 Å². The van der Waals surface area contributed by atoms with Gasteiger partial charge in [0.25, 0.3) is 5.91 Å². The normalized spacial score (nSPS) is 15.4. The number of hydrogen-bond donors (Lipinski definition) is 1. The van der Waals surface area contributed by atoms with E-state index in [-0.39, 0.29) is 17.6 Å². The van der Waals surface area contributed by atoms with E-state index in [0.717, 1.165) is 49.3 Å². The van der Waals surface area contributed by atoms with Gasteiger partial charge in [-0.1, -0.05) is 18.2 Å². The standard InChI is InChI=1S/C23H30FN3O2/c1-17-8-9-20(23(28)25-12-5-15-29-2)22(26-17)18-10-13-27(14-11-18)16-19-6-3-4-7-21(19)24/h3-4,6-9,18H,5,10-16H2,1-2H3,(H,25,28). The molecule has 1 aliphatic heterocycles. The van der Waals surface area contributed by atoms with Crippen molar-refractivity contribution in [3.8, 4) is 0 Å². The molecule has 1 fully saturated rings. The van der Waals surface area contributed by atoms with Crippen molar-refractivity contribution in [1.82, 2.24) is 15.2 Å². The first kappa shape index (κ1) is 21.4. The molecule has 2 heterocycles. The van der Waals surface area contributed by atoms with Gasteiger partial charge in [0, 0.05) is 44.0 Å². The maximum Gasteiger partial charge on any atom is 0.253 e. The first-order valence-corrected chi connectivity index (χ1v) is 10.3. The number of piperidine rings is 1. The summed E-state index contributed by atoms with van der Waals surface area (Å²) in [4.78, 5) is 19.7. The van der Waals surface area contributed by atoms with Crippen LogP contribution >= 0.6 is 0 Å². The number of aromatic nitrogens is 1. The Morgan fingerprint density at radius 2 is 2.00 bits per heavy atom. The highest BCUT2D eigenvalue weighted by Crippen LogP contribution is 2.30. The van der Waals surface area contributed by atoms with Crippen molar-refractivity contribution < 1.29 is 13.9 Å². The molecule has 0 atom stereocenters. The first-order valence-electron chi connectivity index (χ1n) is 10.3. The van der Waals surface area contributed by atoms with Crippen LogP contribution in [-0.2, 0) is 11.3 Å². The van der Waals surface area contributed by atoms with Crippen LogP contribution in [-0.4, -0.2) is 49.1 Å². The van der Waals surface area contributed by atoms with E-state index in [2.05, 4.69) is 10.2 Å². The lowest BCUT2D eigenvalue weighted by Gasteiger charge is -2.32. The van der Waals surface area contributed by atoms with Crippen LogP contribution in [0.15, 0.2) is 36.4 Å². The highest BCUT2D eigenvalue weighted by molar-refractivity contribution is 5.95. The number of halogens is 1. The third-order valence-electron chi connectivity index (χ3n) is 5.45.